The van der Waals surface area contributed by atoms with Crippen molar-refractivity contribution in [2.75, 3.05) is 0 Å². The van der Waals surface area contributed by atoms with E-state index in [1.807, 2.05) is 48.0 Å². The van der Waals surface area contributed by atoms with Gasteiger partial charge in [0.2, 0.25) is 5.91 Å². The molecule has 4 rings (SSSR count). The molecule has 1 aromatic heterocycles. The SMILES string of the molecule is CC(Cc1nn(-c2ccccc2)c(-c2ccccc2)c1I)C(=O)NC1CC1. The highest BCUT2D eigenvalue weighted by Gasteiger charge is 2.27. The summed E-state index contributed by atoms with van der Waals surface area (Å²) in [5.74, 6) is 0.0330. The van der Waals surface area contributed by atoms with Crippen molar-refractivity contribution in [3.8, 4) is 16.9 Å². The van der Waals surface area contributed by atoms with Crippen molar-refractivity contribution in [1.29, 1.82) is 0 Å². The summed E-state index contributed by atoms with van der Waals surface area (Å²) in [5, 5.41) is 8.00. The topological polar surface area (TPSA) is 46.9 Å². The molecule has 27 heavy (non-hydrogen) atoms. The number of hydrogen-bond acceptors (Lipinski definition) is 2. The van der Waals surface area contributed by atoms with Gasteiger partial charge in [-0.25, -0.2) is 4.68 Å². The lowest BCUT2D eigenvalue weighted by molar-refractivity contribution is -0.124. The Balaban J connectivity index is 1.70. The monoisotopic (exact) mass is 471 g/mol. The van der Waals surface area contributed by atoms with Crippen LogP contribution < -0.4 is 5.32 Å². The molecular formula is C22H22IN3O. The van der Waals surface area contributed by atoms with Crippen LogP contribution in [0.25, 0.3) is 16.9 Å². The molecule has 1 unspecified atom stereocenters. The second-order valence-corrected chi connectivity index (χ2v) is 8.19. The summed E-state index contributed by atoms with van der Waals surface area (Å²) in [6.45, 7) is 1.98. The number of carbonyl (C=O) groups is 1. The van der Waals surface area contributed by atoms with Crippen LogP contribution in [0.3, 0.4) is 0 Å². The molecule has 0 saturated heterocycles. The zero-order valence-electron chi connectivity index (χ0n) is 15.2. The van der Waals surface area contributed by atoms with Crippen molar-refractivity contribution in [3.63, 3.8) is 0 Å². The predicted octanol–water partition coefficient (Wildman–Crippen LogP) is 4.60. The Morgan fingerprint density at radius 3 is 2.41 bits per heavy atom. The van der Waals surface area contributed by atoms with E-state index in [9.17, 15) is 4.79 Å². The third kappa shape index (κ3) is 4.08. The molecule has 4 nitrogen and oxygen atoms in total. The lowest BCUT2D eigenvalue weighted by atomic mass is 10.0. The predicted molar refractivity (Wildman–Crippen MR) is 116 cm³/mol. The highest BCUT2D eigenvalue weighted by molar-refractivity contribution is 14.1. The average molecular weight is 471 g/mol. The molecule has 1 fully saturated rings. The molecule has 1 aliphatic rings. The average Bonchev–Trinajstić information content (AvgIpc) is 3.46. The smallest absolute Gasteiger partial charge is 0.223 e. The summed E-state index contributed by atoms with van der Waals surface area (Å²) in [4.78, 5) is 12.4. The molecular weight excluding hydrogens is 449 g/mol. The number of para-hydroxylation sites is 1. The van der Waals surface area contributed by atoms with E-state index in [1.54, 1.807) is 0 Å². The van der Waals surface area contributed by atoms with E-state index in [2.05, 4.69) is 52.2 Å². The first kappa shape index (κ1) is 18.2. The van der Waals surface area contributed by atoms with Crippen molar-refractivity contribution in [3.05, 3.63) is 69.9 Å². The number of nitrogens with one attached hydrogen (secondary N) is 1. The van der Waals surface area contributed by atoms with Gasteiger partial charge in [-0.2, -0.15) is 5.10 Å². The van der Waals surface area contributed by atoms with E-state index in [1.165, 1.54) is 0 Å². The molecule has 1 heterocycles. The van der Waals surface area contributed by atoms with Gasteiger partial charge in [0.05, 0.1) is 20.6 Å². The third-order valence-electron chi connectivity index (χ3n) is 4.81. The first-order valence-electron chi connectivity index (χ1n) is 9.32. The normalized spacial score (nSPS) is 14.7. The lowest BCUT2D eigenvalue weighted by Crippen LogP contribution is -2.32. The van der Waals surface area contributed by atoms with Crippen molar-refractivity contribution in [2.45, 2.75) is 32.2 Å². The van der Waals surface area contributed by atoms with Crippen LogP contribution in [0.15, 0.2) is 60.7 Å². The standard InChI is InChI=1S/C22H22IN3O/c1-15(22(27)24-17-12-13-17)14-19-20(23)21(16-8-4-2-5-9-16)26(25-19)18-10-6-3-7-11-18/h2-11,15,17H,12-14H2,1H3,(H,24,27). The summed E-state index contributed by atoms with van der Waals surface area (Å²) in [6, 6.07) is 20.9. The number of amides is 1. The molecule has 1 atom stereocenters. The van der Waals surface area contributed by atoms with Crippen molar-refractivity contribution in [2.24, 2.45) is 5.92 Å². The molecule has 1 aliphatic carbocycles. The minimum absolute atomic E-state index is 0.0955. The molecule has 0 aliphatic heterocycles. The van der Waals surface area contributed by atoms with Crippen LogP contribution >= 0.6 is 22.6 Å². The van der Waals surface area contributed by atoms with Gasteiger partial charge in [-0.3, -0.25) is 4.79 Å². The molecule has 5 heteroatoms. The number of halogens is 1. The third-order valence-corrected chi connectivity index (χ3v) is 5.95. The number of rotatable bonds is 6. The van der Waals surface area contributed by atoms with Gasteiger partial charge in [-0.05, 0) is 47.6 Å². The van der Waals surface area contributed by atoms with Crippen LogP contribution in [0.5, 0.6) is 0 Å². The number of nitrogens with zero attached hydrogens (tertiary/aromatic N) is 2. The summed E-state index contributed by atoms with van der Waals surface area (Å²) < 4.78 is 3.10. The Bertz CT molecular complexity index is 933. The van der Waals surface area contributed by atoms with Gasteiger partial charge in [0.25, 0.3) is 0 Å². The van der Waals surface area contributed by atoms with Gasteiger partial charge in [0, 0.05) is 23.9 Å². The van der Waals surface area contributed by atoms with Crippen LogP contribution in [0.2, 0.25) is 0 Å². The van der Waals surface area contributed by atoms with E-state index in [4.69, 9.17) is 5.10 Å². The first-order chi connectivity index (χ1) is 13.1. The van der Waals surface area contributed by atoms with Gasteiger partial charge in [0.1, 0.15) is 0 Å². The van der Waals surface area contributed by atoms with Gasteiger partial charge in [0.15, 0.2) is 0 Å². The van der Waals surface area contributed by atoms with Crippen molar-refractivity contribution < 1.29 is 4.79 Å². The highest BCUT2D eigenvalue weighted by Crippen LogP contribution is 2.31. The van der Waals surface area contributed by atoms with Crippen molar-refractivity contribution >= 4 is 28.5 Å². The van der Waals surface area contributed by atoms with Crippen LogP contribution in [0.4, 0.5) is 0 Å². The number of benzene rings is 2. The first-order valence-corrected chi connectivity index (χ1v) is 10.4. The minimum Gasteiger partial charge on any atom is -0.353 e. The summed E-state index contributed by atoms with van der Waals surface area (Å²) in [7, 11) is 0. The fraction of sp³-hybridized carbons (Fsp3) is 0.273. The largest absolute Gasteiger partial charge is 0.353 e. The molecule has 1 N–H and O–H groups in total. The van der Waals surface area contributed by atoms with Crippen LogP contribution in [-0.2, 0) is 11.2 Å². The Hall–Kier alpha value is -2.15. The van der Waals surface area contributed by atoms with Crippen LogP contribution in [0.1, 0.15) is 25.5 Å². The number of hydrogen-bond donors (Lipinski definition) is 1. The minimum atomic E-state index is -0.0955. The van der Waals surface area contributed by atoms with Crippen LogP contribution in [0, 0.1) is 9.49 Å². The Labute approximate surface area is 173 Å². The summed E-state index contributed by atoms with van der Waals surface area (Å²) in [6.07, 6.45) is 2.85. The van der Waals surface area contributed by atoms with E-state index in [0.717, 1.165) is 39.1 Å². The van der Waals surface area contributed by atoms with Crippen LogP contribution in [-0.4, -0.2) is 21.7 Å². The van der Waals surface area contributed by atoms with Gasteiger partial charge < -0.3 is 5.32 Å². The molecule has 0 bridgehead atoms. The molecule has 1 saturated carbocycles. The number of carbonyl (C=O) groups excluding carboxylic acids is 1. The van der Waals surface area contributed by atoms with Gasteiger partial charge >= 0.3 is 0 Å². The molecule has 0 radical (unpaired) electrons. The van der Waals surface area contributed by atoms with Gasteiger partial charge in [-0.15, -0.1) is 0 Å². The fourth-order valence-electron chi connectivity index (χ4n) is 3.13. The Morgan fingerprint density at radius 2 is 1.78 bits per heavy atom. The summed E-state index contributed by atoms with van der Waals surface area (Å²) >= 11 is 2.37. The molecule has 138 valence electrons. The van der Waals surface area contributed by atoms with Gasteiger partial charge in [-0.1, -0.05) is 55.5 Å². The maximum atomic E-state index is 12.4. The fourth-order valence-corrected chi connectivity index (χ4v) is 4.00. The lowest BCUT2D eigenvalue weighted by Gasteiger charge is -2.10. The van der Waals surface area contributed by atoms with E-state index in [0.29, 0.717) is 12.5 Å². The maximum absolute atomic E-state index is 12.4. The molecule has 3 aromatic rings. The van der Waals surface area contributed by atoms with E-state index < -0.39 is 0 Å². The zero-order valence-corrected chi connectivity index (χ0v) is 17.4. The summed E-state index contributed by atoms with van der Waals surface area (Å²) in [5.41, 5.74) is 4.19. The Kier molecular flexibility index (Phi) is 5.29. The van der Waals surface area contributed by atoms with E-state index in [-0.39, 0.29) is 11.8 Å². The second kappa shape index (κ2) is 7.84. The zero-order chi connectivity index (χ0) is 18.8. The molecule has 2 aromatic carbocycles. The second-order valence-electron chi connectivity index (χ2n) is 7.11. The highest BCUT2D eigenvalue weighted by atomic mass is 127. The number of aromatic nitrogens is 2. The molecule has 0 spiro atoms. The maximum Gasteiger partial charge on any atom is 0.223 e. The van der Waals surface area contributed by atoms with E-state index >= 15 is 0 Å². The Morgan fingerprint density at radius 1 is 1.15 bits per heavy atom. The molecule has 1 amide bonds. The van der Waals surface area contributed by atoms with Crippen molar-refractivity contribution in [1.82, 2.24) is 15.1 Å². The quantitative estimate of drug-likeness (QED) is 0.535.